The highest BCUT2D eigenvalue weighted by Gasteiger charge is 2.63. The first-order valence-electron chi connectivity index (χ1n) is 16.4. The second-order valence-corrected chi connectivity index (χ2v) is 43.3. The van der Waals surface area contributed by atoms with E-state index in [0.717, 1.165) is 0 Å². The highest BCUT2D eigenvalue weighted by atomic mass is 32.5. The van der Waals surface area contributed by atoms with Crippen LogP contribution in [0.2, 0.25) is 55.4 Å². The van der Waals surface area contributed by atoms with Gasteiger partial charge in [-0.2, -0.15) is 10.7 Å². The van der Waals surface area contributed by atoms with Crippen molar-refractivity contribution < 1.29 is 17.1 Å². The zero-order valence-electron chi connectivity index (χ0n) is 30.4. The third kappa shape index (κ3) is 8.93. The van der Waals surface area contributed by atoms with Gasteiger partial charge in [0.2, 0.25) is 7.47 Å². The lowest BCUT2D eigenvalue weighted by atomic mass is 10.5. The monoisotopic (exact) mass is 668 g/mol. The first-order valence-corrected chi connectivity index (χ1v) is 28.8. The number of hydrogen-bond donors (Lipinski definition) is 1. The normalized spacial score (nSPS) is 15.0. The Hall–Kier alpha value is 1.27. The van der Waals surface area contributed by atoms with E-state index in [2.05, 4.69) is 149 Å². The van der Waals surface area contributed by atoms with Crippen molar-refractivity contribution in [2.45, 2.75) is 194 Å². The highest BCUT2D eigenvalue weighted by Crippen LogP contribution is 2.54. The maximum atomic E-state index is 12.2. The molecule has 10 heteroatoms. The molecule has 0 spiro atoms. The largest absolute Gasteiger partial charge is 0.427 e. The van der Waals surface area contributed by atoms with Gasteiger partial charge in [-0.15, -0.1) is 0 Å². The molecular weight excluding hydrogens is 597 g/mol. The van der Waals surface area contributed by atoms with E-state index in [0.29, 0.717) is 22.2 Å². The molecule has 0 aliphatic rings. The molecule has 0 saturated carbocycles. The van der Waals surface area contributed by atoms with Gasteiger partial charge in [0.1, 0.15) is 7.95 Å². The van der Waals surface area contributed by atoms with Gasteiger partial charge in [-0.3, -0.25) is 0 Å². The Morgan fingerprint density at radius 2 is 0.725 bits per heavy atom. The van der Waals surface area contributed by atoms with Crippen LogP contribution in [0.5, 0.6) is 0 Å². The minimum absolute atomic E-state index is 0.0924. The van der Waals surface area contributed by atoms with Crippen LogP contribution >= 0.6 is 10.7 Å². The van der Waals surface area contributed by atoms with E-state index in [9.17, 15) is 4.80 Å². The molecular formula is C30H72O4SSi5. The molecule has 0 radical (unpaired) electrons. The lowest BCUT2D eigenvalue weighted by molar-refractivity contribution is 0.232. The van der Waals surface area contributed by atoms with Gasteiger partial charge in [0.05, 0.1) is 0 Å². The summed E-state index contributed by atoms with van der Waals surface area (Å²) >= 11 is 0. The van der Waals surface area contributed by atoms with Crippen LogP contribution in [0.15, 0.2) is 0 Å². The van der Waals surface area contributed by atoms with Gasteiger partial charge in [0.25, 0.3) is 0 Å². The van der Waals surface area contributed by atoms with Crippen LogP contribution in [0.3, 0.4) is 0 Å². The Morgan fingerprint density at radius 3 is 0.950 bits per heavy atom. The third-order valence-electron chi connectivity index (χ3n) is 9.08. The van der Waals surface area contributed by atoms with Crippen LogP contribution < -0.4 is 0 Å². The molecule has 242 valence electrons. The van der Waals surface area contributed by atoms with Crippen molar-refractivity contribution in [1.29, 1.82) is 0 Å². The van der Waals surface area contributed by atoms with E-state index in [-0.39, 0.29) is 33.2 Å². The summed E-state index contributed by atoms with van der Waals surface area (Å²) in [6, 6.07) is 0. The van der Waals surface area contributed by atoms with Gasteiger partial charge < -0.3 is 17.1 Å². The Bertz CT molecular complexity index is 702. The quantitative estimate of drug-likeness (QED) is 0.147. The fourth-order valence-electron chi connectivity index (χ4n) is 6.43. The van der Waals surface area contributed by atoms with Gasteiger partial charge in [0, 0.05) is 0 Å². The molecule has 0 fully saturated rings. The smallest absolute Gasteiger partial charge is 0.331 e. The van der Waals surface area contributed by atoms with Crippen LogP contribution in [0.25, 0.3) is 0 Å². The maximum absolute atomic E-state index is 12.2. The fraction of sp³-hybridized carbons (Fsp3) is 1.00. The summed E-state index contributed by atoms with van der Waals surface area (Å²) in [4.78, 5) is 12.2. The molecule has 1 N–H and O–H groups in total. The summed E-state index contributed by atoms with van der Waals surface area (Å²) in [7, 11) is -10.1. The average molecular weight is 669 g/mol. The van der Waals surface area contributed by atoms with Gasteiger partial charge in [-0.05, 0) is 55.4 Å². The van der Waals surface area contributed by atoms with E-state index < -0.39 is 41.1 Å². The van der Waals surface area contributed by atoms with Crippen molar-refractivity contribution in [1.82, 2.24) is 0 Å². The van der Waals surface area contributed by atoms with Crippen molar-refractivity contribution in [3.05, 3.63) is 0 Å². The maximum Gasteiger partial charge on any atom is 0.331 e. The van der Waals surface area contributed by atoms with Crippen LogP contribution in [0, 0.1) is 0 Å². The summed E-state index contributed by atoms with van der Waals surface area (Å²) in [5.74, 6) is 0. The van der Waals surface area contributed by atoms with Gasteiger partial charge in [0.15, 0.2) is 0 Å². The van der Waals surface area contributed by atoms with Crippen LogP contribution in [-0.2, 0) is 12.3 Å². The fourth-order valence-corrected chi connectivity index (χ4v) is 54.5. The second-order valence-electron chi connectivity index (χ2n) is 15.5. The Kier molecular flexibility index (Phi) is 16.5. The molecule has 0 saturated heterocycles. The predicted octanol–water partition coefficient (Wildman–Crippen LogP) is 11.4. The molecule has 0 unspecified atom stereocenters. The first kappa shape index (κ1) is 41.3. The molecule has 0 rings (SSSR count). The van der Waals surface area contributed by atoms with Crippen molar-refractivity contribution in [3.8, 4) is 0 Å². The zero-order valence-corrected chi connectivity index (χ0v) is 36.4. The van der Waals surface area contributed by atoms with E-state index >= 15 is 0 Å². The minimum Gasteiger partial charge on any atom is -0.427 e. The molecule has 0 aromatic rings. The van der Waals surface area contributed by atoms with Crippen molar-refractivity contribution in [2.24, 2.45) is 0 Å². The first-order chi connectivity index (χ1) is 17.9. The molecule has 40 heavy (non-hydrogen) atoms. The lowest BCUT2D eigenvalue weighted by Gasteiger charge is -2.55. The summed E-state index contributed by atoms with van der Waals surface area (Å²) in [5.41, 5.74) is 3.53. The summed E-state index contributed by atoms with van der Waals surface area (Å²) in [6.45, 7) is 46.4. The topological polar surface area (TPSA) is 47.9 Å². The van der Waals surface area contributed by atoms with Crippen molar-refractivity contribution in [3.63, 3.8) is 0 Å². The Morgan fingerprint density at radius 1 is 0.425 bits per heavy atom. The van der Waals surface area contributed by atoms with E-state index in [1.807, 2.05) is 0 Å². The number of rotatable bonds is 18. The van der Waals surface area contributed by atoms with Crippen LogP contribution in [0.4, 0.5) is 0 Å². The van der Waals surface area contributed by atoms with Crippen molar-refractivity contribution in [2.75, 3.05) is 0 Å². The van der Waals surface area contributed by atoms with E-state index in [4.69, 9.17) is 12.3 Å². The molecule has 0 atom stereocenters. The van der Waals surface area contributed by atoms with Gasteiger partial charge in [-0.25, -0.2) is 0 Å². The standard InChI is InChI=1S/C30H72O4SSi5/c1-21(2)36(22(3)4)35-40(29(17)18,30(19)20)34-39(27(13)14,28(15)16)33-38(25(9)10,26(11)12)32-37(31,23(5)6)24(7)8/h21-31,36H,1-20H3. The van der Waals surface area contributed by atoms with Crippen LogP contribution in [-0.4, -0.2) is 45.9 Å². The van der Waals surface area contributed by atoms with Crippen molar-refractivity contribution >= 4 is 51.8 Å². The summed E-state index contributed by atoms with van der Waals surface area (Å²) in [5, 5.41) is 0. The molecule has 0 amide bonds. The number of hydrogen-bond acceptors (Lipinski definition) is 5. The molecule has 0 bridgehead atoms. The SMILES string of the molecule is CC(C)[SiH](S[Si](O[Si](O[Si](O[Si](O)(C(C)C)C(C)C)(C(C)C)C(C)C)(C(C)C)C(C)C)(C(C)C)C(C)C)C(C)C. The predicted molar refractivity (Wildman–Crippen MR) is 194 cm³/mol. The van der Waals surface area contributed by atoms with Gasteiger partial charge in [-0.1, -0.05) is 138 Å². The lowest BCUT2D eigenvalue weighted by Crippen LogP contribution is -2.68. The third-order valence-corrected chi connectivity index (χ3v) is 47.5. The van der Waals surface area contributed by atoms with E-state index in [1.165, 1.54) is 0 Å². The van der Waals surface area contributed by atoms with Gasteiger partial charge >= 0.3 is 25.7 Å². The Balaban J connectivity index is 7.48. The molecule has 0 heterocycles. The molecule has 0 aliphatic carbocycles. The summed E-state index contributed by atoms with van der Waals surface area (Å²) in [6.07, 6.45) is 0. The summed E-state index contributed by atoms with van der Waals surface area (Å²) < 4.78 is 23.2. The minimum atomic E-state index is -3.08. The molecule has 0 aromatic heterocycles. The molecule has 4 nitrogen and oxygen atoms in total. The Labute approximate surface area is 261 Å². The zero-order chi connectivity index (χ0) is 32.2. The molecule has 0 aromatic carbocycles. The van der Waals surface area contributed by atoms with E-state index in [1.54, 1.807) is 0 Å². The van der Waals surface area contributed by atoms with Crippen LogP contribution in [0.1, 0.15) is 138 Å². The average Bonchev–Trinajstić information content (AvgIpc) is 2.78. The second kappa shape index (κ2) is 16.0. The molecule has 0 aliphatic heterocycles. The highest BCUT2D eigenvalue weighted by molar-refractivity contribution is 8.47.